The van der Waals surface area contributed by atoms with Crippen molar-refractivity contribution in [3.8, 4) is 21.6 Å². The number of fused-ring (bicyclic) bond motifs is 1. The van der Waals surface area contributed by atoms with Gasteiger partial charge in [-0.3, -0.25) is 4.79 Å². The maximum Gasteiger partial charge on any atom is 0.246 e. The Labute approximate surface area is 196 Å². The number of hydrogen-bond donors (Lipinski definition) is 1. The van der Waals surface area contributed by atoms with Gasteiger partial charge in [-0.15, -0.1) is 0 Å². The molecule has 0 radical (unpaired) electrons. The molecule has 1 N–H and O–H groups in total. The Hall–Kier alpha value is -3.33. The Balaban J connectivity index is 1.28. The smallest absolute Gasteiger partial charge is 0.246 e. The molecular formula is C22H14Cl2N6OS. The molecule has 1 amide bonds. The molecule has 3 aromatic heterocycles. The molecule has 0 fully saturated rings. The number of hydrogen-bond acceptors (Lipinski definition) is 6. The lowest BCUT2D eigenvalue weighted by molar-refractivity contribution is -0.116. The SMILES string of the molecule is O=C(Cn1cnc2ncncc21)Nc1ncc(-c2ccc(-c3ccc(Cl)c(Cl)c3)cc2)s1. The maximum atomic E-state index is 12.5. The highest BCUT2D eigenvalue weighted by molar-refractivity contribution is 7.19. The molecule has 158 valence electrons. The quantitative estimate of drug-likeness (QED) is 0.355. The van der Waals surface area contributed by atoms with Crippen LogP contribution in [-0.4, -0.2) is 30.4 Å². The number of benzene rings is 2. The van der Waals surface area contributed by atoms with Crippen molar-refractivity contribution in [1.82, 2.24) is 24.5 Å². The first-order chi connectivity index (χ1) is 15.6. The first-order valence-electron chi connectivity index (χ1n) is 9.49. The van der Waals surface area contributed by atoms with Gasteiger partial charge in [0.25, 0.3) is 0 Å². The number of anilines is 1. The summed E-state index contributed by atoms with van der Waals surface area (Å²) in [6.07, 6.45) is 6.37. The Morgan fingerprint density at radius 2 is 1.72 bits per heavy atom. The normalized spacial score (nSPS) is 11.1. The molecule has 10 heteroatoms. The third kappa shape index (κ3) is 4.20. The summed E-state index contributed by atoms with van der Waals surface area (Å²) in [5.74, 6) is -0.205. The van der Waals surface area contributed by atoms with E-state index in [4.69, 9.17) is 23.2 Å². The molecule has 2 aromatic carbocycles. The standard InChI is InChI=1S/C22H14Cl2N6OS/c23-16-6-5-15(7-17(16)24)13-1-3-14(4-2-13)19-9-26-22(32-19)29-20(31)10-30-12-28-21-18(30)8-25-11-27-21/h1-9,11-12H,10H2,(H,26,29,31). The summed E-state index contributed by atoms with van der Waals surface area (Å²) in [4.78, 5) is 30.0. The molecule has 0 aliphatic carbocycles. The van der Waals surface area contributed by atoms with E-state index < -0.39 is 0 Å². The molecule has 0 atom stereocenters. The second kappa shape index (κ2) is 8.66. The largest absolute Gasteiger partial charge is 0.318 e. The van der Waals surface area contributed by atoms with E-state index in [1.807, 2.05) is 36.4 Å². The van der Waals surface area contributed by atoms with Gasteiger partial charge in [0.1, 0.15) is 18.4 Å². The van der Waals surface area contributed by atoms with Gasteiger partial charge in [0.15, 0.2) is 10.8 Å². The van der Waals surface area contributed by atoms with Crippen molar-refractivity contribution in [2.24, 2.45) is 0 Å². The third-order valence-electron chi connectivity index (χ3n) is 4.79. The molecule has 0 spiro atoms. The van der Waals surface area contributed by atoms with Crippen LogP contribution in [0.4, 0.5) is 5.13 Å². The average Bonchev–Trinajstić information content (AvgIpc) is 3.43. The van der Waals surface area contributed by atoms with E-state index in [9.17, 15) is 4.79 Å². The van der Waals surface area contributed by atoms with Crippen LogP contribution in [-0.2, 0) is 11.3 Å². The molecule has 0 unspecified atom stereocenters. The van der Waals surface area contributed by atoms with Crippen LogP contribution in [0.15, 0.2) is 67.5 Å². The minimum absolute atomic E-state index is 0.0944. The highest BCUT2D eigenvalue weighted by Gasteiger charge is 2.11. The maximum absolute atomic E-state index is 12.5. The zero-order valence-corrected chi connectivity index (χ0v) is 18.7. The fourth-order valence-electron chi connectivity index (χ4n) is 3.21. The highest BCUT2D eigenvalue weighted by atomic mass is 35.5. The van der Waals surface area contributed by atoms with Gasteiger partial charge >= 0.3 is 0 Å². The van der Waals surface area contributed by atoms with E-state index in [0.717, 1.165) is 21.6 Å². The Morgan fingerprint density at radius 1 is 0.938 bits per heavy atom. The number of aromatic nitrogens is 5. The minimum atomic E-state index is -0.205. The van der Waals surface area contributed by atoms with Crippen molar-refractivity contribution in [1.29, 1.82) is 0 Å². The monoisotopic (exact) mass is 480 g/mol. The third-order valence-corrected chi connectivity index (χ3v) is 6.49. The molecule has 0 aliphatic heterocycles. The number of rotatable bonds is 5. The van der Waals surface area contributed by atoms with Crippen LogP contribution in [0.3, 0.4) is 0 Å². The second-order valence-electron chi connectivity index (χ2n) is 6.89. The number of imidazole rings is 1. The van der Waals surface area contributed by atoms with Gasteiger partial charge in [-0.05, 0) is 28.8 Å². The van der Waals surface area contributed by atoms with E-state index in [1.165, 1.54) is 17.7 Å². The number of halogens is 2. The van der Waals surface area contributed by atoms with Crippen LogP contribution in [0.5, 0.6) is 0 Å². The molecular weight excluding hydrogens is 467 g/mol. The van der Waals surface area contributed by atoms with Crippen molar-refractivity contribution in [3.05, 3.63) is 77.6 Å². The summed E-state index contributed by atoms with van der Waals surface area (Å²) in [5.41, 5.74) is 4.27. The van der Waals surface area contributed by atoms with Crippen LogP contribution in [0.25, 0.3) is 32.7 Å². The predicted octanol–water partition coefficient (Wildman–Crippen LogP) is 5.56. The molecule has 0 saturated heterocycles. The highest BCUT2D eigenvalue weighted by Crippen LogP contribution is 2.32. The lowest BCUT2D eigenvalue weighted by atomic mass is 10.0. The number of thiazole rings is 1. The van der Waals surface area contributed by atoms with Gasteiger partial charge in [-0.2, -0.15) is 0 Å². The lowest BCUT2D eigenvalue weighted by Gasteiger charge is -2.05. The van der Waals surface area contributed by atoms with Gasteiger partial charge in [0, 0.05) is 6.20 Å². The van der Waals surface area contributed by atoms with Crippen LogP contribution in [0.2, 0.25) is 10.0 Å². The molecule has 0 saturated carbocycles. The number of amides is 1. The average molecular weight is 481 g/mol. The van der Waals surface area contributed by atoms with E-state index in [2.05, 4.69) is 25.3 Å². The van der Waals surface area contributed by atoms with Crippen molar-refractivity contribution < 1.29 is 4.79 Å². The summed E-state index contributed by atoms with van der Waals surface area (Å²) >= 11 is 13.5. The van der Waals surface area contributed by atoms with Crippen molar-refractivity contribution in [2.45, 2.75) is 6.54 Å². The molecule has 0 aliphatic rings. The topological polar surface area (TPSA) is 85.6 Å². The van der Waals surface area contributed by atoms with Gasteiger partial charge in [0.05, 0.1) is 27.4 Å². The molecule has 7 nitrogen and oxygen atoms in total. The second-order valence-corrected chi connectivity index (χ2v) is 8.73. The zero-order valence-electron chi connectivity index (χ0n) is 16.4. The zero-order chi connectivity index (χ0) is 22.1. The summed E-state index contributed by atoms with van der Waals surface area (Å²) in [5, 5.41) is 4.41. The summed E-state index contributed by atoms with van der Waals surface area (Å²) in [7, 11) is 0. The van der Waals surface area contributed by atoms with Crippen LogP contribution in [0, 0.1) is 0 Å². The Kier molecular flexibility index (Phi) is 5.57. The van der Waals surface area contributed by atoms with E-state index in [1.54, 1.807) is 29.4 Å². The molecule has 32 heavy (non-hydrogen) atoms. The van der Waals surface area contributed by atoms with E-state index in [-0.39, 0.29) is 12.5 Å². The minimum Gasteiger partial charge on any atom is -0.318 e. The molecule has 0 bridgehead atoms. The number of carbonyl (C=O) groups excluding carboxylic acids is 1. The number of nitrogens with one attached hydrogen (secondary N) is 1. The van der Waals surface area contributed by atoms with Crippen molar-refractivity contribution in [2.75, 3.05) is 5.32 Å². The van der Waals surface area contributed by atoms with Crippen LogP contribution < -0.4 is 5.32 Å². The number of carbonyl (C=O) groups is 1. The predicted molar refractivity (Wildman–Crippen MR) is 127 cm³/mol. The van der Waals surface area contributed by atoms with Gasteiger partial charge in [-0.25, -0.2) is 19.9 Å². The summed E-state index contributed by atoms with van der Waals surface area (Å²) in [6, 6.07) is 13.6. The van der Waals surface area contributed by atoms with Gasteiger partial charge in [-0.1, -0.05) is 64.9 Å². The first-order valence-corrected chi connectivity index (χ1v) is 11.1. The molecule has 5 aromatic rings. The van der Waals surface area contributed by atoms with E-state index in [0.29, 0.717) is 26.3 Å². The van der Waals surface area contributed by atoms with Crippen LogP contribution in [0.1, 0.15) is 0 Å². The lowest BCUT2D eigenvalue weighted by Crippen LogP contribution is -2.18. The molecule has 3 heterocycles. The molecule has 5 rings (SSSR count). The Morgan fingerprint density at radius 3 is 2.53 bits per heavy atom. The van der Waals surface area contributed by atoms with Gasteiger partial charge in [0.2, 0.25) is 5.91 Å². The van der Waals surface area contributed by atoms with E-state index >= 15 is 0 Å². The summed E-state index contributed by atoms with van der Waals surface area (Å²) in [6.45, 7) is 0.0944. The van der Waals surface area contributed by atoms with Crippen LogP contribution >= 0.6 is 34.5 Å². The Bertz CT molecular complexity index is 1430. The number of nitrogens with zero attached hydrogens (tertiary/aromatic N) is 5. The fourth-order valence-corrected chi connectivity index (χ4v) is 4.35. The first kappa shape index (κ1) is 20.6. The van der Waals surface area contributed by atoms with Crippen molar-refractivity contribution in [3.63, 3.8) is 0 Å². The van der Waals surface area contributed by atoms with Crippen molar-refractivity contribution >= 4 is 56.7 Å². The fraction of sp³-hybridized carbons (Fsp3) is 0.0455. The summed E-state index contributed by atoms with van der Waals surface area (Å²) < 4.78 is 1.70. The van der Waals surface area contributed by atoms with Gasteiger partial charge < -0.3 is 9.88 Å².